The van der Waals surface area contributed by atoms with E-state index in [0.717, 1.165) is 19.2 Å². The van der Waals surface area contributed by atoms with Gasteiger partial charge in [0.1, 0.15) is 5.75 Å². The maximum atomic E-state index is 12.3. The molecule has 0 unspecified atom stereocenters. The third-order valence-electron chi connectivity index (χ3n) is 2.73. The Morgan fingerprint density at radius 2 is 1.64 bits per heavy atom. The van der Waals surface area contributed by atoms with E-state index in [1.54, 1.807) is 0 Å². The molecule has 22 heavy (non-hydrogen) atoms. The zero-order chi connectivity index (χ0) is 17.3. The van der Waals surface area contributed by atoms with Crippen LogP contribution in [0, 0.1) is 13.8 Å². The van der Waals surface area contributed by atoms with Crippen molar-refractivity contribution in [2.24, 2.45) is 0 Å². The number of esters is 1. The molecule has 0 radical (unpaired) electrons. The predicted octanol–water partition coefficient (Wildman–Crippen LogP) is 2.72. The van der Waals surface area contributed by atoms with Crippen LogP contribution in [0.1, 0.15) is 16.7 Å². The van der Waals surface area contributed by atoms with E-state index in [1.165, 1.54) is 13.8 Å². The molecule has 1 rings (SSSR count). The van der Waals surface area contributed by atoms with Gasteiger partial charge in [0.2, 0.25) is 0 Å². The minimum absolute atomic E-state index is 0.00253. The lowest BCUT2D eigenvalue weighted by atomic mass is 9.96. The van der Waals surface area contributed by atoms with Gasteiger partial charge < -0.3 is 8.92 Å². The van der Waals surface area contributed by atoms with Crippen molar-refractivity contribution in [2.75, 3.05) is 7.11 Å². The molecule has 0 aliphatic heterocycles. The summed E-state index contributed by atoms with van der Waals surface area (Å²) < 4.78 is 67.4. The highest BCUT2D eigenvalue weighted by Gasteiger charge is 2.48. The Balaban J connectivity index is 3.26. The number of alkyl halides is 3. The second-order valence-electron chi connectivity index (χ2n) is 4.39. The van der Waals surface area contributed by atoms with Crippen LogP contribution < -0.4 is 4.18 Å². The minimum atomic E-state index is -5.75. The molecule has 0 bridgehead atoms. The van der Waals surface area contributed by atoms with Crippen LogP contribution >= 0.6 is 0 Å². The number of hydrogen-bond donors (Lipinski definition) is 0. The summed E-state index contributed by atoms with van der Waals surface area (Å²) in [6, 6.07) is 2.14. The fourth-order valence-electron chi connectivity index (χ4n) is 1.85. The Bertz CT molecular complexity index is 697. The number of benzene rings is 1. The van der Waals surface area contributed by atoms with Gasteiger partial charge in [-0.05, 0) is 42.7 Å². The van der Waals surface area contributed by atoms with Crippen LogP contribution in [0.4, 0.5) is 13.2 Å². The van der Waals surface area contributed by atoms with Gasteiger partial charge in [-0.2, -0.15) is 21.6 Å². The Morgan fingerprint density at radius 1 is 1.18 bits per heavy atom. The van der Waals surface area contributed by atoms with E-state index < -0.39 is 27.3 Å². The summed E-state index contributed by atoms with van der Waals surface area (Å²) in [5, 5.41) is 0. The lowest BCUT2D eigenvalue weighted by molar-refractivity contribution is -0.133. The van der Waals surface area contributed by atoms with E-state index in [1.807, 2.05) is 0 Å². The molecular formula is C13H13F3O5S. The Morgan fingerprint density at radius 3 is 2.00 bits per heavy atom. The number of aryl methyl sites for hydroxylation is 2. The first-order chi connectivity index (χ1) is 9.90. The van der Waals surface area contributed by atoms with Crippen molar-refractivity contribution >= 4 is 21.7 Å². The Labute approximate surface area is 125 Å². The summed E-state index contributed by atoms with van der Waals surface area (Å²) in [5.41, 5.74) is -4.53. The molecular weight excluding hydrogens is 325 g/mol. The molecule has 9 heteroatoms. The van der Waals surface area contributed by atoms with Crippen LogP contribution in [0.3, 0.4) is 0 Å². The van der Waals surface area contributed by atoms with E-state index in [-0.39, 0.29) is 5.57 Å². The molecule has 0 amide bonds. The van der Waals surface area contributed by atoms with Crippen molar-refractivity contribution in [2.45, 2.75) is 19.4 Å². The van der Waals surface area contributed by atoms with Crippen molar-refractivity contribution in [3.63, 3.8) is 0 Å². The van der Waals surface area contributed by atoms with Crippen LogP contribution in [0.2, 0.25) is 0 Å². The summed E-state index contributed by atoms with van der Waals surface area (Å²) in [7, 11) is -4.59. The first kappa shape index (κ1) is 18.0. The van der Waals surface area contributed by atoms with E-state index in [4.69, 9.17) is 0 Å². The molecule has 0 atom stereocenters. The summed E-state index contributed by atoms with van der Waals surface area (Å²) in [6.07, 6.45) is 0. The van der Waals surface area contributed by atoms with Crippen molar-refractivity contribution in [1.29, 1.82) is 0 Å². The van der Waals surface area contributed by atoms with E-state index in [9.17, 15) is 26.4 Å². The molecule has 0 heterocycles. The smallest absolute Gasteiger partial charge is 0.465 e. The quantitative estimate of drug-likeness (QED) is 0.365. The van der Waals surface area contributed by atoms with Gasteiger partial charge in [0.25, 0.3) is 0 Å². The highest BCUT2D eigenvalue weighted by molar-refractivity contribution is 7.88. The Hall–Kier alpha value is -2.03. The van der Waals surface area contributed by atoms with Gasteiger partial charge in [0.15, 0.2) is 0 Å². The van der Waals surface area contributed by atoms with Gasteiger partial charge in [-0.1, -0.05) is 6.58 Å². The van der Waals surface area contributed by atoms with E-state index in [2.05, 4.69) is 15.5 Å². The van der Waals surface area contributed by atoms with Crippen LogP contribution in [-0.2, 0) is 19.6 Å². The fraction of sp³-hybridized carbons (Fsp3) is 0.308. The topological polar surface area (TPSA) is 69.7 Å². The van der Waals surface area contributed by atoms with Gasteiger partial charge in [0, 0.05) is 0 Å². The first-order valence-corrected chi connectivity index (χ1v) is 7.21. The van der Waals surface area contributed by atoms with Crippen LogP contribution in [0.15, 0.2) is 18.7 Å². The van der Waals surface area contributed by atoms with Crippen LogP contribution in [0.5, 0.6) is 5.75 Å². The second-order valence-corrected chi connectivity index (χ2v) is 5.92. The molecule has 1 aromatic carbocycles. The molecule has 0 spiro atoms. The predicted molar refractivity (Wildman–Crippen MR) is 72.6 cm³/mol. The minimum Gasteiger partial charge on any atom is -0.465 e. The molecule has 0 saturated carbocycles. The van der Waals surface area contributed by atoms with Gasteiger partial charge in [-0.15, -0.1) is 0 Å². The highest BCUT2D eigenvalue weighted by Crippen LogP contribution is 2.31. The maximum absolute atomic E-state index is 12.3. The number of methoxy groups -OCH3 is 1. The van der Waals surface area contributed by atoms with Gasteiger partial charge in [-0.3, -0.25) is 0 Å². The standard InChI is InChI=1S/C13H13F3O5S/c1-7-5-10(21-22(18,19)13(14,15)16)6-8(2)11(7)9(3)12(17)20-4/h5-6H,3H2,1-2,4H3. The zero-order valence-corrected chi connectivity index (χ0v) is 12.8. The number of halogens is 3. The normalized spacial score (nSPS) is 11.9. The van der Waals surface area contributed by atoms with Crippen LogP contribution in [0.25, 0.3) is 5.57 Å². The van der Waals surface area contributed by atoms with Crippen molar-refractivity contribution < 1.29 is 35.3 Å². The SMILES string of the molecule is C=C(C(=O)OC)c1c(C)cc(OS(=O)(=O)C(F)(F)F)cc1C. The summed E-state index contributed by atoms with van der Waals surface area (Å²) in [5.74, 6) is -1.21. The maximum Gasteiger partial charge on any atom is 0.534 e. The summed E-state index contributed by atoms with van der Waals surface area (Å²) in [4.78, 5) is 11.5. The lowest BCUT2D eigenvalue weighted by Gasteiger charge is -2.15. The third kappa shape index (κ3) is 3.59. The van der Waals surface area contributed by atoms with Gasteiger partial charge in [-0.25, -0.2) is 4.79 Å². The molecule has 0 aliphatic carbocycles. The Kier molecular flexibility index (Phi) is 4.91. The molecule has 0 fully saturated rings. The number of carbonyl (C=O) groups is 1. The first-order valence-electron chi connectivity index (χ1n) is 5.80. The second kappa shape index (κ2) is 5.99. The van der Waals surface area contributed by atoms with Crippen molar-refractivity contribution in [3.8, 4) is 5.75 Å². The fourth-order valence-corrected chi connectivity index (χ4v) is 2.29. The molecule has 0 N–H and O–H groups in total. The van der Waals surface area contributed by atoms with Crippen LogP contribution in [-0.4, -0.2) is 27.0 Å². The van der Waals surface area contributed by atoms with Gasteiger partial charge >= 0.3 is 21.6 Å². The largest absolute Gasteiger partial charge is 0.534 e. The number of ether oxygens (including phenoxy) is 1. The number of carbonyl (C=O) groups excluding carboxylic acids is 1. The number of hydrogen-bond acceptors (Lipinski definition) is 5. The molecule has 0 aliphatic rings. The average molecular weight is 338 g/mol. The summed E-state index contributed by atoms with van der Waals surface area (Å²) in [6.45, 7) is 6.50. The molecule has 0 aromatic heterocycles. The zero-order valence-electron chi connectivity index (χ0n) is 11.9. The van der Waals surface area contributed by atoms with E-state index in [0.29, 0.717) is 16.7 Å². The molecule has 122 valence electrons. The van der Waals surface area contributed by atoms with Crippen molar-refractivity contribution in [1.82, 2.24) is 0 Å². The molecule has 1 aromatic rings. The number of rotatable bonds is 4. The lowest BCUT2D eigenvalue weighted by Crippen LogP contribution is -2.28. The molecule has 0 saturated heterocycles. The monoisotopic (exact) mass is 338 g/mol. The van der Waals surface area contributed by atoms with Crippen molar-refractivity contribution in [3.05, 3.63) is 35.4 Å². The van der Waals surface area contributed by atoms with Gasteiger partial charge in [0.05, 0.1) is 12.7 Å². The highest BCUT2D eigenvalue weighted by atomic mass is 32.2. The summed E-state index contributed by atoms with van der Waals surface area (Å²) >= 11 is 0. The average Bonchev–Trinajstić information content (AvgIpc) is 2.34. The van der Waals surface area contributed by atoms with E-state index >= 15 is 0 Å². The third-order valence-corrected chi connectivity index (χ3v) is 3.71. The molecule has 5 nitrogen and oxygen atoms in total.